The van der Waals surface area contributed by atoms with Crippen LogP contribution in [0, 0.1) is 6.92 Å². The fourth-order valence-electron chi connectivity index (χ4n) is 1.78. The van der Waals surface area contributed by atoms with Gasteiger partial charge in [0.1, 0.15) is 5.75 Å². The summed E-state index contributed by atoms with van der Waals surface area (Å²) in [6.07, 6.45) is 0. The Hall–Kier alpha value is -0.840. The summed E-state index contributed by atoms with van der Waals surface area (Å²) in [6, 6.07) is 8.22. The van der Waals surface area contributed by atoms with Crippen molar-refractivity contribution in [1.29, 1.82) is 0 Å². The Balaban J connectivity index is 1.98. The predicted molar refractivity (Wildman–Crippen MR) is 80.3 cm³/mol. The number of hydrogen-bond acceptors (Lipinski definition) is 3. The molecular weight excluding hydrogens is 310 g/mol. The van der Waals surface area contributed by atoms with Crippen LogP contribution in [0.3, 0.4) is 0 Å². The number of hydrogen-bond donors (Lipinski definition) is 1. The molecule has 0 saturated carbocycles. The predicted octanol–water partition coefficient (Wildman–Crippen LogP) is 4.12. The minimum absolute atomic E-state index is 0.806. The van der Waals surface area contributed by atoms with E-state index in [1.54, 1.807) is 18.4 Å². The van der Waals surface area contributed by atoms with Crippen LogP contribution in [0.5, 0.6) is 5.75 Å². The second-order valence-electron chi connectivity index (χ2n) is 4.09. The summed E-state index contributed by atoms with van der Waals surface area (Å²) < 4.78 is 6.43. The molecule has 1 heterocycles. The van der Waals surface area contributed by atoms with Crippen molar-refractivity contribution >= 4 is 27.3 Å². The first kappa shape index (κ1) is 13.6. The number of methoxy groups -OCH3 is 1. The highest BCUT2D eigenvalue weighted by Gasteiger charge is 2.04. The summed E-state index contributed by atoms with van der Waals surface area (Å²) in [4.78, 5) is 1.39. The van der Waals surface area contributed by atoms with Crippen molar-refractivity contribution in [3.63, 3.8) is 0 Å². The van der Waals surface area contributed by atoms with E-state index in [1.807, 2.05) is 12.1 Å². The standard InChI is InChI=1S/C14H16BrNOS/c1-10-5-6-18-14(10)9-16-8-11-7-12(15)3-4-13(11)17-2/h3-7,16H,8-9H2,1-2H3. The van der Waals surface area contributed by atoms with Crippen LogP contribution in [0.4, 0.5) is 0 Å². The molecule has 0 fully saturated rings. The molecule has 0 amide bonds. The van der Waals surface area contributed by atoms with E-state index in [1.165, 1.54) is 16.0 Å². The Morgan fingerprint density at radius 2 is 2.11 bits per heavy atom. The van der Waals surface area contributed by atoms with E-state index in [0.29, 0.717) is 0 Å². The van der Waals surface area contributed by atoms with Crippen LogP contribution in [0.25, 0.3) is 0 Å². The molecule has 18 heavy (non-hydrogen) atoms. The van der Waals surface area contributed by atoms with Crippen molar-refractivity contribution in [1.82, 2.24) is 5.32 Å². The number of nitrogens with one attached hydrogen (secondary N) is 1. The molecule has 1 aromatic carbocycles. The molecule has 2 aromatic rings. The first-order chi connectivity index (χ1) is 8.70. The average Bonchev–Trinajstić information content (AvgIpc) is 2.76. The van der Waals surface area contributed by atoms with Gasteiger partial charge in [-0.2, -0.15) is 0 Å². The van der Waals surface area contributed by atoms with Crippen molar-refractivity contribution in [2.75, 3.05) is 7.11 Å². The van der Waals surface area contributed by atoms with Gasteiger partial charge < -0.3 is 10.1 Å². The Kier molecular flexibility index (Phi) is 4.80. The third-order valence-electron chi connectivity index (χ3n) is 2.81. The topological polar surface area (TPSA) is 21.3 Å². The highest BCUT2D eigenvalue weighted by Crippen LogP contribution is 2.23. The molecule has 4 heteroatoms. The molecule has 0 unspecified atom stereocenters. The summed E-state index contributed by atoms with van der Waals surface area (Å²) in [6.45, 7) is 3.85. The summed E-state index contributed by atoms with van der Waals surface area (Å²) in [5.41, 5.74) is 2.52. The maximum atomic E-state index is 5.35. The van der Waals surface area contributed by atoms with Crippen LogP contribution in [-0.4, -0.2) is 7.11 Å². The Morgan fingerprint density at radius 1 is 1.28 bits per heavy atom. The summed E-state index contributed by atoms with van der Waals surface area (Å²) in [5, 5.41) is 5.59. The van der Waals surface area contributed by atoms with Gasteiger partial charge in [-0.05, 0) is 42.1 Å². The minimum atomic E-state index is 0.806. The maximum Gasteiger partial charge on any atom is 0.123 e. The highest BCUT2D eigenvalue weighted by molar-refractivity contribution is 9.10. The number of benzene rings is 1. The van der Waals surface area contributed by atoms with Gasteiger partial charge in [0, 0.05) is 28.0 Å². The molecule has 2 rings (SSSR count). The van der Waals surface area contributed by atoms with Gasteiger partial charge in [0.05, 0.1) is 7.11 Å². The van der Waals surface area contributed by atoms with Gasteiger partial charge >= 0.3 is 0 Å². The monoisotopic (exact) mass is 325 g/mol. The second-order valence-corrected chi connectivity index (χ2v) is 6.00. The average molecular weight is 326 g/mol. The fraction of sp³-hybridized carbons (Fsp3) is 0.286. The van der Waals surface area contributed by atoms with Crippen LogP contribution in [-0.2, 0) is 13.1 Å². The van der Waals surface area contributed by atoms with E-state index in [-0.39, 0.29) is 0 Å². The third kappa shape index (κ3) is 3.34. The number of ether oxygens (including phenoxy) is 1. The van der Waals surface area contributed by atoms with E-state index >= 15 is 0 Å². The molecule has 0 saturated heterocycles. The van der Waals surface area contributed by atoms with Gasteiger partial charge in [-0.1, -0.05) is 15.9 Å². The van der Waals surface area contributed by atoms with Crippen molar-refractivity contribution in [2.45, 2.75) is 20.0 Å². The van der Waals surface area contributed by atoms with E-state index in [2.05, 4.69) is 45.7 Å². The zero-order valence-electron chi connectivity index (χ0n) is 10.5. The molecule has 2 nitrogen and oxygen atoms in total. The molecule has 0 spiro atoms. The largest absolute Gasteiger partial charge is 0.496 e. The molecule has 96 valence electrons. The van der Waals surface area contributed by atoms with E-state index in [4.69, 9.17) is 4.74 Å². The molecule has 0 aliphatic rings. The van der Waals surface area contributed by atoms with Crippen LogP contribution < -0.4 is 10.1 Å². The van der Waals surface area contributed by atoms with Crippen molar-refractivity contribution < 1.29 is 4.74 Å². The van der Waals surface area contributed by atoms with Crippen LogP contribution in [0.15, 0.2) is 34.1 Å². The summed E-state index contributed by atoms with van der Waals surface area (Å²) in [5.74, 6) is 0.925. The highest BCUT2D eigenvalue weighted by atomic mass is 79.9. The van der Waals surface area contributed by atoms with E-state index in [9.17, 15) is 0 Å². The lowest BCUT2D eigenvalue weighted by molar-refractivity contribution is 0.407. The molecule has 1 aromatic heterocycles. The smallest absolute Gasteiger partial charge is 0.123 e. The Bertz CT molecular complexity index is 524. The molecule has 0 aliphatic heterocycles. The minimum Gasteiger partial charge on any atom is -0.496 e. The fourth-order valence-corrected chi connectivity index (χ4v) is 3.07. The zero-order valence-corrected chi connectivity index (χ0v) is 12.9. The first-order valence-corrected chi connectivity index (χ1v) is 7.44. The Morgan fingerprint density at radius 3 is 2.78 bits per heavy atom. The Labute approximate surface area is 120 Å². The van der Waals surface area contributed by atoms with Gasteiger partial charge in [0.25, 0.3) is 0 Å². The molecular formula is C14H16BrNOS. The van der Waals surface area contributed by atoms with Gasteiger partial charge in [-0.25, -0.2) is 0 Å². The third-order valence-corrected chi connectivity index (χ3v) is 4.33. The van der Waals surface area contributed by atoms with E-state index in [0.717, 1.165) is 23.3 Å². The first-order valence-electron chi connectivity index (χ1n) is 5.77. The lowest BCUT2D eigenvalue weighted by Crippen LogP contribution is -2.13. The molecule has 1 N–H and O–H groups in total. The van der Waals surface area contributed by atoms with Gasteiger partial charge in [-0.3, -0.25) is 0 Å². The number of rotatable bonds is 5. The molecule has 0 radical (unpaired) electrons. The van der Waals surface area contributed by atoms with Crippen LogP contribution in [0.2, 0.25) is 0 Å². The molecule has 0 bridgehead atoms. The molecule has 0 aliphatic carbocycles. The van der Waals surface area contributed by atoms with Gasteiger partial charge in [-0.15, -0.1) is 11.3 Å². The second kappa shape index (κ2) is 6.36. The van der Waals surface area contributed by atoms with Crippen LogP contribution in [0.1, 0.15) is 16.0 Å². The number of halogens is 1. The quantitative estimate of drug-likeness (QED) is 0.892. The van der Waals surface area contributed by atoms with Crippen molar-refractivity contribution in [2.24, 2.45) is 0 Å². The zero-order chi connectivity index (χ0) is 13.0. The van der Waals surface area contributed by atoms with Crippen LogP contribution >= 0.6 is 27.3 Å². The molecule has 0 atom stereocenters. The maximum absolute atomic E-state index is 5.35. The number of aryl methyl sites for hydroxylation is 1. The lowest BCUT2D eigenvalue weighted by atomic mass is 10.2. The number of thiophene rings is 1. The van der Waals surface area contributed by atoms with Crippen molar-refractivity contribution in [3.8, 4) is 5.75 Å². The van der Waals surface area contributed by atoms with Gasteiger partial charge in [0.2, 0.25) is 0 Å². The summed E-state index contributed by atoms with van der Waals surface area (Å²) >= 11 is 5.28. The van der Waals surface area contributed by atoms with Crippen molar-refractivity contribution in [3.05, 3.63) is 50.1 Å². The SMILES string of the molecule is COc1ccc(Br)cc1CNCc1sccc1C. The summed E-state index contributed by atoms with van der Waals surface area (Å²) in [7, 11) is 1.70. The normalized spacial score (nSPS) is 10.6. The van der Waals surface area contributed by atoms with Gasteiger partial charge in [0.15, 0.2) is 0 Å². The lowest BCUT2D eigenvalue weighted by Gasteiger charge is -2.10. The van der Waals surface area contributed by atoms with E-state index < -0.39 is 0 Å².